The topological polar surface area (TPSA) is 12.9 Å². The minimum Gasteiger partial charge on any atom is -0.242 e. The van der Waals surface area contributed by atoms with Crippen molar-refractivity contribution in [2.45, 2.75) is 6.92 Å². The predicted octanol–water partition coefficient (Wildman–Crippen LogP) is 2.60. The molecule has 11 heavy (non-hydrogen) atoms. The van der Waals surface area contributed by atoms with E-state index < -0.39 is 0 Å². The summed E-state index contributed by atoms with van der Waals surface area (Å²) in [6.07, 6.45) is 0. The Hall–Kier alpha value is -0.150. The molecular weight excluding hydrogens is 250 g/mol. The van der Waals surface area contributed by atoms with Gasteiger partial charge in [0.1, 0.15) is 0 Å². The standard InChI is InChI=1S/C8H7NS.Ag/c1-6-9-7-4-2-3-5-8(7)10-6;/h2-5H,1H3;. The fourth-order valence-corrected chi connectivity index (χ4v) is 1.81. The molecular formula is C8H7AgNS. The maximum absolute atomic E-state index is 4.33. The smallest absolute Gasteiger partial charge is 0.0907 e. The fraction of sp³-hybridized carbons (Fsp3) is 0.125. The van der Waals surface area contributed by atoms with Crippen molar-refractivity contribution in [1.29, 1.82) is 0 Å². The molecule has 0 unspecified atom stereocenters. The van der Waals surface area contributed by atoms with Crippen molar-refractivity contribution in [1.82, 2.24) is 4.98 Å². The molecule has 3 heteroatoms. The van der Waals surface area contributed by atoms with E-state index in [1.54, 1.807) is 11.3 Å². The van der Waals surface area contributed by atoms with E-state index in [1.807, 2.05) is 25.1 Å². The molecule has 2 rings (SSSR count). The van der Waals surface area contributed by atoms with Crippen LogP contribution in [0.5, 0.6) is 0 Å². The van der Waals surface area contributed by atoms with E-state index in [2.05, 4.69) is 11.1 Å². The van der Waals surface area contributed by atoms with Crippen molar-refractivity contribution in [3.63, 3.8) is 0 Å². The molecule has 0 amide bonds. The van der Waals surface area contributed by atoms with Crippen LogP contribution in [0.2, 0.25) is 0 Å². The molecule has 0 bridgehead atoms. The molecule has 0 aliphatic carbocycles. The number of rotatable bonds is 0. The Labute approximate surface area is 85.0 Å². The zero-order chi connectivity index (χ0) is 6.97. The van der Waals surface area contributed by atoms with Gasteiger partial charge in [0.15, 0.2) is 0 Å². The summed E-state index contributed by atoms with van der Waals surface area (Å²) in [4.78, 5) is 4.33. The van der Waals surface area contributed by atoms with Crippen LogP contribution in [-0.4, -0.2) is 4.98 Å². The van der Waals surface area contributed by atoms with Gasteiger partial charge in [0.05, 0.1) is 15.2 Å². The van der Waals surface area contributed by atoms with E-state index in [0.29, 0.717) is 0 Å². The SMILES string of the molecule is Cc1nc2ccccc2s1.[Ag]. The number of hydrogen-bond donors (Lipinski definition) is 0. The van der Waals surface area contributed by atoms with E-state index in [4.69, 9.17) is 0 Å². The van der Waals surface area contributed by atoms with E-state index in [-0.39, 0.29) is 22.4 Å². The Morgan fingerprint density at radius 1 is 1.27 bits per heavy atom. The van der Waals surface area contributed by atoms with Gasteiger partial charge in [-0.2, -0.15) is 0 Å². The zero-order valence-electron chi connectivity index (χ0n) is 5.97. The van der Waals surface area contributed by atoms with Crippen molar-refractivity contribution in [3.05, 3.63) is 29.3 Å². The van der Waals surface area contributed by atoms with Crippen LogP contribution in [0.3, 0.4) is 0 Å². The largest absolute Gasteiger partial charge is 0.242 e. The van der Waals surface area contributed by atoms with E-state index in [9.17, 15) is 0 Å². The number of benzene rings is 1. The van der Waals surface area contributed by atoms with Crippen molar-refractivity contribution >= 4 is 21.6 Å². The summed E-state index contributed by atoms with van der Waals surface area (Å²) >= 11 is 1.74. The molecule has 1 radical (unpaired) electrons. The molecule has 0 saturated carbocycles. The average Bonchev–Trinajstić information content (AvgIpc) is 2.27. The third kappa shape index (κ3) is 1.71. The van der Waals surface area contributed by atoms with E-state index >= 15 is 0 Å². The molecule has 1 nitrogen and oxygen atoms in total. The van der Waals surface area contributed by atoms with Crippen molar-refractivity contribution in [2.24, 2.45) is 0 Å². The van der Waals surface area contributed by atoms with Crippen LogP contribution in [0, 0.1) is 6.92 Å². The first-order valence-electron chi connectivity index (χ1n) is 3.18. The number of fused-ring (bicyclic) bond motifs is 1. The van der Waals surface area contributed by atoms with E-state index in [0.717, 1.165) is 10.5 Å². The minimum atomic E-state index is 0. The zero-order valence-corrected chi connectivity index (χ0v) is 8.27. The summed E-state index contributed by atoms with van der Waals surface area (Å²) in [6, 6.07) is 8.19. The van der Waals surface area contributed by atoms with Gasteiger partial charge >= 0.3 is 0 Å². The maximum Gasteiger partial charge on any atom is 0.0907 e. The van der Waals surface area contributed by atoms with Crippen LogP contribution >= 0.6 is 11.3 Å². The maximum atomic E-state index is 4.33. The molecule has 1 heterocycles. The summed E-state index contributed by atoms with van der Waals surface area (Å²) < 4.78 is 1.28. The Balaban J connectivity index is 0.000000605. The van der Waals surface area contributed by atoms with E-state index in [1.165, 1.54) is 4.70 Å². The first kappa shape index (κ1) is 8.94. The molecule has 2 aromatic rings. The van der Waals surface area contributed by atoms with Gasteiger partial charge in [0.25, 0.3) is 0 Å². The van der Waals surface area contributed by atoms with Crippen LogP contribution in [0.4, 0.5) is 0 Å². The molecule has 1 aromatic heterocycles. The third-order valence-electron chi connectivity index (χ3n) is 1.40. The van der Waals surface area contributed by atoms with Crippen LogP contribution in [0.25, 0.3) is 10.2 Å². The Morgan fingerprint density at radius 3 is 2.73 bits per heavy atom. The predicted molar refractivity (Wildman–Crippen MR) is 44.4 cm³/mol. The molecule has 0 N–H and O–H groups in total. The number of hydrogen-bond acceptors (Lipinski definition) is 2. The van der Waals surface area contributed by atoms with Crippen LogP contribution in [0.15, 0.2) is 24.3 Å². The quantitative estimate of drug-likeness (QED) is 0.661. The number of aromatic nitrogens is 1. The van der Waals surface area contributed by atoms with Crippen molar-refractivity contribution in [3.8, 4) is 0 Å². The number of nitrogens with zero attached hydrogens (tertiary/aromatic N) is 1. The van der Waals surface area contributed by atoms with Gasteiger partial charge in [0, 0.05) is 22.4 Å². The molecule has 0 spiro atoms. The average molecular weight is 257 g/mol. The fourth-order valence-electron chi connectivity index (χ4n) is 0.987. The van der Waals surface area contributed by atoms with Crippen LogP contribution in [-0.2, 0) is 22.4 Å². The summed E-state index contributed by atoms with van der Waals surface area (Å²) in [5, 5.41) is 1.14. The monoisotopic (exact) mass is 256 g/mol. The van der Waals surface area contributed by atoms with Crippen LogP contribution < -0.4 is 0 Å². The second kappa shape index (κ2) is 3.50. The second-order valence-corrected chi connectivity index (χ2v) is 3.44. The molecule has 61 valence electrons. The number of thiazole rings is 1. The van der Waals surface area contributed by atoms with Gasteiger partial charge < -0.3 is 0 Å². The number of aryl methyl sites for hydroxylation is 1. The molecule has 0 aliphatic rings. The normalized spacial score (nSPS) is 9.55. The van der Waals surface area contributed by atoms with Crippen molar-refractivity contribution < 1.29 is 22.4 Å². The first-order valence-corrected chi connectivity index (χ1v) is 4.00. The Morgan fingerprint density at radius 2 is 2.00 bits per heavy atom. The summed E-state index contributed by atoms with van der Waals surface area (Å²) in [7, 11) is 0. The van der Waals surface area contributed by atoms with Gasteiger partial charge in [-0.1, -0.05) is 12.1 Å². The van der Waals surface area contributed by atoms with Crippen LogP contribution in [0.1, 0.15) is 5.01 Å². The van der Waals surface area contributed by atoms with Gasteiger partial charge in [-0.25, -0.2) is 4.98 Å². The molecule has 1 aromatic carbocycles. The number of para-hydroxylation sites is 1. The van der Waals surface area contributed by atoms with Gasteiger partial charge in [-0.15, -0.1) is 11.3 Å². The van der Waals surface area contributed by atoms with Gasteiger partial charge in [-0.3, -0.25) is 0 Å². The second-order valence-electron chi connectivity index (χ2n) is 2.20. The summed E-state index contributed by atoms with van der Waals surface area (Å²) in [5.41, 5.74) is 1.12. The third-order valence-corrected chi connectivity index (χ3v) is 2.35. The summed E-state index contributed by atoms with van der Waals surface area (Å²) in [5.74, 6) is 0. The Kier molecular flexibility index (Phi) is 2.84. The molecule has 0 fully saturated rings. The Bertz CT molecular complexity index is 323. The molecule has 0 atom stereocenters. The van der Waals surface area contributed by atoms with Crippen molar-refractivity contribution in [2.75, 3.05) is 0 Å². The molecule has 0 aliphatic heterocycles. The molecule has 0 saturated heterocycles. The minimum absolute atomic E-state index is 0. The van der Waals surface area contributed by atoms with Gasteiger partial charge in [0.2, 0.25) is 0 Å². The van der Waals surface area contributed by atoms with Gasteiger partial charge in [-0.05, 0) is 19.1 Å². The summed E-state index contributed by atoms with van der Waals surface area (Å²) in [6.45, 7) is 2.03. The first-order chi connectivity index (χ1) is 4.86.